The molecule has 0 spiro atoms. The third-order valence-electron chi connectivity index (χ3n) is 3.21. The summed E-state index contributed by atoms with van der Waals surface area (Å²) in [7, 11) is 2.04. The lowest BCUT2D eigenvalue weighted by atomic mass is 10.1. The van der Waals surface area contributed by atoms with Crippen molar-refractivity contribution in [1.82, 2.24) is 5.32 Å². The maximum atomic E-state index is 3.25. The first-order chi connectivity index (χ1) is 6.85. The Balaban J connectivity index is 1.98. The molecule has 76 valence electrons. The van der Waals surface area contributed by atoms with E-state index in [9.17, 15) is 0 Å². The predicted octanol–water partition coefficient (Wildman–Crippen LogP) is 2.57. The molecule has 0 heterocycles. The summed E-state index contributed by atoms with van der Waals surface area (Å²) in [6.07, 6.45) is 2.51. The van der Waals surface area contributed by atoms with Crippen molar-refractivity contribution >= 4 is 0 Å². The van der Waals surface area contributed by atoms with Crippen LogP contribution in [0.5, 0.6) is 0 Å². The van der Waals surface area contributed by atoms with Crippen molar-refractivity contribution in [2.75, 3.05) is 13.6 Å². The number of benzene rings is 1. The summed E-state index contributed by atoms with van der Waals surface area (Å²) in [6.45, 7) is 3.37. The molecule has 0 unspecified atom stereocenters. The van der Waals surface area contributed by atoms with E-state index in [4.69, 9.17) is 0 Å². The molecule has 0 amide bonds. The maximum absolute atomic E-state index is 3.25. The fraction of sp³-hybridized carbons (Fsp3) is 0.538. The van der Waals surface area contributed by atoms with E-state index in [1.807, 2.05) is 7.05 Å². The van der Waals surface area contributed by atoms with Gasteiger partial charge < -0.3 is 5.32 Å². The number of hydrogen-bond acceptors (Lipinski definition) is 1. The van der Waals surface area contributed by atoms with Crippen LogP contribution in [-0.2, 0) is 6.42 Å². The number of rotatable bonds is 4. The zero-order chi connectivity index (χ0) is 9.97. The molecule has 1 aromatic carbocycles. The molecule has 1 nitrogen and oxygen atoms in total. The first-order valence-corrected chi connectivity index (χ1v) is 5.58. The summed E-state index contributed by atoms with van der Waals surface area (Å²) >= 11 is 0. The van der Waals surface area contributed by atoms with Crippen LogP contribution in [0.15, 0.2) is 24.3 Å². The molecule has 2 rings (SSSR count). The quantitative estimate of drug-likeness (QED) is 0.767. The summed E-state index contributed by atoms with van der Waals surface area (Å²) in [5, 5.41) is 3.25. The lowest BCUT2D eigenvalue weighted by Gasteiger charge is -2.02. The summed E-state index contributed by atoms with van der Waals surface area (Å²) in [4.78, 5) is 0. The van der Waals surface area contributed by atoms with Crippen LogP contribution in [0, 0.1) is 5.92 Å². The van der Waals surface area contributed by atoms with Crippen molar-refractivity contribution in [3.8, 4) is 0 Å². The Morgan fingerprint density at radius 2 is 2.00 bits per heavy atom. The van der Waals surface area contributed by atoms with Crippen LogP contribution in [0.1, 0.15) is 30.4 Å². The third-order valence-corrected chi connectivity index (χ3v) is 3.21. The number of aryl methyl sites for hydroxylation is 1. The Hall–Kier alpha value is -0.820. The van der Waals surface area contributed by atoms with E-state index in [1.165, 1.54) is 24.1 Å². The number of hydrogen-bond donors (Lipinski definition) is 1. The van der Waals surface area contributed by atoms with Crippen LogP contribution >= 0.6 is 0 Å². The van der Waals surface area contributed by atoms with Gasteiger partial charge in [-0.1, -0.05) is 31.2 Å². The van der Waals surface area contributed by atoms with Gasteiger partial charge in [0.1, 0.15) is 0 Å². The van der Waals surface area contributed by atoms with E-state index in [1.54, 1.807) is 0 Å². The highest BCUT2D eigenvalue weighted by molar-refractivity contribution is 5.29. The van der Waals surface area contributed by atoms with E-state index in [0.29, 0.717) is 0 Å². The molecule has 0 saturated heterocycles. The minimum atomic E-state index is 0.827. The van der Waals surface area contributed by atoms with E-state index >= 15 is 0 Å². The van der Waals surface area contributed by atoms with Crippen LogP contribution < -0.4 is 5.32 Å². The van der Waals surface area contributed by atoms with Gasteiger partial charge in [0.15, 0.2) is 0 Å². The third kappa shape index (κ3) is 1.98. The molecule has 0 aliphatic heterocycles. The fourth-order valence-corrected chi connectivity index (χ4v) is 2.14. The monoisotopic (exact) mass is 189 g/mol. The Morgan fingerprint density at radius 3 is 2.57 bits per heavy atom. The molecule has 1 fully saturated rings. The standard InChI is InChI=1S/C13H19N/c1-3-10-4-6-11(7-5-10)13-8-12(13)9-14-2/h4-7,12-14H,3,8-9H2,1-2H3/t12-,13-/m0/s1. The highest BCUT2D eigenvalue weighted by Gasteiger charge is 2.37. The molecule has 0 radical (unpaired) electrons. The van der Waals surface area contributed by atoms with E-state index < -0.39 is 0 Å². The first-order valence-electron chi connectivity index (χ1n) is 5.58. The summed E-state index contributed by atoms with van der Waals surface area (Å²) in [6, 6.07) is 9.15. The predicted molar refractivity (Wildman–Crippen MR) is 60.6 cm³/mol. The van der Waals surface area contributed by atoms with E-state index in [0.717, 1.165) is 18.3 Å². The zero-order valence-electron chi connectivity index (χ0n) is 9.09. The van der Waals surface area contributed by atoms with E-state index in [2.05, 4.69) is 36.5 Å². The molecule has 1 heteroatoms. The minimum absolute atomic E-state index is 0.827. The van der Waals surface area contributed by atoms with Gasteiger partial charge in [0.25, 0.3) is 0 Å². The minimum Gasteiger partial charge on any atom is -0.319 e. The average molecular weight is 189 g/mol. The van der Waals surface area contributed by atoms with Gasteiger partial charge in [0.05, 0.1) is 0 Å². The molecule has 0 aromatic heterocycles. The van der Waals surface area contributed by atoms with Crippen molar-refractivity contribution in [2.45, 2.75) is 25.7 Å². The van der Waals surface area contributed by atoms with Gasteiger partial charge in [0.2, 0.25) is 0 Å². The normalized spacial score (nSPS) is 25.0. The molecule has 2 atom stereocenters. The van der Waals surface area contributed by atoms with Crippen LogP contribution in [0.4, 0.5) is 0 Å². The second kappa shape index (κ2) is 4.14. The SMILES string of the molecule is CCc1ccc([C@@H]2C[C@H]2CNC)cc1. The van der Waals surface area contributed by atoms with Gasteiger partial charge in [0, 0.05) is 0 Å². The fourth-order valence-electron chi connectivity index (χ4n) is 2.14. The topological polar surface area (TPSA) is 12.0 Å². The van der Waals surface area contributed by atoms with Crippen LogP contribution in [-0.4, -0.2) is 13.6 Å². The molecule has 1 saturated carbocycles. The second-order valence-electron chi connectivity index (χ2n) is 4.26. The van der Waals surface area contributed by atoms with Gasteiger partial charge in [-0.25, -0.2) is 0 Å². The van der Waals surface area contributed by atoms with Gasteiger partial charge >= 0.3 is 0 Å². The highest BCUT2D eigenvalue weighted by atomic mass is 14.8. The Kier molecular flexibility index (Phi) is 2.87. The molecule has 0 bridgehead atoms. The number of nitrogens with one attached hydrogen (secondary N) is 1. The van der Waals surface area contributed by atoms with Gasteiger partial charge in [-0.3, -0.25) is 0 Å². The van der Waals surface area contributed by atoms with Crippen molar-refractivity contribution in [3.63, 3.8) is 0 Å². The highest BCUT2D eigenvalue weighted by Crippen LogP contribution is 2.46. The maximum Gasteiger partial charge on any atom is -0.00175 e. The lowest BCUT2D eigenvalue weighted by Crippen LogP contribution is -2.10. The van der Waals surface area contributed by atoms with Gasteiger partial charge in [-0.2, -0.15) is 0 Å². The molecular weight excluding hydrogens is 170 g/mol. The molecule has 1 aliphatic rings. The van der Waals surface area contributed by atoms with E-state index in [-0.39, 0.29) is 0 Å². The molecule has 1 aromatic rings. The van der Waals surface area contributed by atoms with Crippen LogP contribution in [0.2, 0.25) is 0 Å². The first kappa shape index (κ1) is 9.72. The van der Waals surface area contributed by atoms with Crippen molar-refractivity contribution in [2.24, 2.45) is 5.92 Å². The molecular formula is C13H19N. The lowest BCUT2D eigenvalue weighted by molar-refractivity contribution is 0.698. The summed E-state index contributed by atoms with van der Waals surface area (Å²) < 4.78 is 0. The zero-order valence-corrected chi connectivity index (χ0v) is 9.09. The van der Waals surface area contributed by atoms with Gasteiger partial charge in [-0.05, 0) is 49.4 Å². The smallest absolute Gasteiger partial charge is 0.00175 e. The average Bonchev–Trinajstić information content (AvgIpc) is 2.98. The Morgan fingerprint density at radius 1 is 1.29 bits per heavy atom. The largest absolute Gasteiger partial charge is 0.319 e. The van der Waals surface area contributed by atoms with Crippen molar-refractivity contribution < 1.29 is 0 Å². The Bertz CT molecular complexity index is 289. The van der Waals surface area contributed by atoms with Gasteiger partial charge in [-0.15, -0.1) is 0 Å². The summed E-state index contributed by atoms with van der Waals surface area (Å²) in [5.74, 6) is 1.71. The van der Waals surface area contributed by atoms with Crippen LogP contribution in [0.25, 0.3) is 0 Å². The van der Waals surface area contributed by atoms with Crippen molar-refractivity contribution in [1.29, 1.82) is 0 Å². The second-order valence-corrected chi connectivity index (χ2v) is 4.26. The molecule has 1 N–H and O–H groups in total. The van der Waals surface area contributed by atoms with Crippen LogP contribution in [0.3, 0.4) is 0 Å². The summed E-state index contributed by atoms with van der Waals surface area (Å²) in [5.41, 5.74) is 2.97. The van der Waals surface area contributed by atoms with Crippen molar-refractivity contribution in [3.05, 3.63) is 35.4 Å². The molecule has 14 heavy (non-hydrogen) atoms. The Labute approximate surface area is 86.5 Å². The molecule has 1 aliphatic carbocycles.